The van der Waals surface area contributed by atoms with E-state index in [0.717, 1.165) is 5.56 Å². The maximum atomic E-state index is 12.1. The fourth-order valence-corrected chi connectivity index (χ4v) is 2.64. The Bertz CT molecular complexity index is 766. The molecule has 116 valence electrons. The molecule has 2 aromatic carbocycles. The van der Waals surface area contributed by atoms with Gasteiger partial charge in [0.1, 0.15) is 5.75 Å². The Kier molecular flexibility index (Phi) is 4.82. The molecule has 22 heavy (non-hydrogen) atoms. The van der Waals surface area contributed by atoms with Crippen LogP contribution in [-0.2, 0) is 10.0 Å². The second kappa shape index (κ2) is 6.62. The maximum absolute atomic E-state index is 12.1. The standard InChI is InChI=1S/C16H18N2O3S/c1-12(2)13-7-9-15(10-8-13)22(20,21)18-17-11-14-5-3-4-6-16(14)19/h3-12,18-19H,1-2H3. The summed E-state index contributed by atoms with van der Waals surface area (Å²) in [4.78, 5) is 2.27. The van der Waals surface area contributed by atoms with Crippen molar-refractivity contribution in [2.75, 3.05) is 0 Å². The van der Waals surface area contributed by atoms with Crippen LogP contribution in [0, 0.1) is 0 Å². The highest BCUT2D eigenvalue weighted by molar-refractivity contribution is 7.89. The average molecular weight is 318 g/mol. The number of hydrogen-bond donors (Lipinski definition) is 2. The molecular formula is C16H18N2O3S. The minimum absolute atomic E-state index is 0.0340. The molecule has 0 aliphatic carbocycles. The van der Waals surface area contributed by atoms with Crippen molar-refractivity contribution in [1.82, 2.24) is 4.83 Å². The number of aromatic hydroxyl groups is 1. The largest absolute Gasteiger partial charge is 0.507 e. The van der Waals surface area contributed by atoms with Gasteiger partial charge >= 0.3 is 0 Å². The Morgan fingerprint density at radius 3 is 2.32 bits per heavy atom. The van der Waals surface area contributed by atoms with Crippen LogP contribution in [0.5, 0.6) is 5.75 Å². The van der Waals surface area contributed by atoms with E-state index in [1.54, 1.807) is 42.5 Å². The van der Waals surface area contributed by atoms with Crippen LogP contribution >= 0.6 is 0 Å². The zero-order chi connectivity index (χ0) is 16.2. The lowest BCUT2D eigenvalue weighted by atomic mass is 10.0. The SMILES string of the molecule is CC(C)c1ccc(S(=O)(=O)NN=Cc2ccccc2O)cc1. The molecule has 5 nitrogen and oxygen atoms in total. The lowest BCUT2D eigenvalue weighted by Crippen LogP contribution is -2.18. The van der Waals surface area contributed by atoms with E-state index in [0.29, 0.717) is 11.5 Å². The molecule has 2 rings (SSSR count). The van der Waals surface area contributed by atoms with Gasteiger partial charge in [0.2, 0.25) is 0 Å². The zero-order valence-electron chi connectivity index (χ0n) is 12.4. The van der Waals surface area contributed by atoms with E-state index in [1.165, 1.54) is 12.3 Å². The first-order valence-electron chi connectivity index (χ1n) is 6.83. The molecule has 0 saturated heterocycles. The predicted molar refractivity (Wildman–Crippen MR) is 86.6 cm³/mol. The van der Waals surface area contributed by atoms with Gasteiger partial charge in [0.25, 0.3) is 10.0 Å². The molecule has 0 aliphatic heterocycles. The van der Waals surface area contributed by atoms with Crippen LogP contribution < -0.4 is 4.83 Å². The number of benzene rings is 2. The van der Waals surface area contributed by atoms with Crippen molar-refractivity contribution in [1.29, 1.82) is 0 Å². The summed E-state index contributed by atoms with van der Waals surface area (Å²) in [6, 6.07) is 13.2. The summed E-state index contributed by atoms with van der Waals surface area (Å²) in [7, 11) is -3.72. The smallest absolute Gasteiger partial charge is 0.276 e. The second-order valence-corrected chi connectivity index (χ2v) is 6.80. The van der Waals surface area contributed by atoms with Crippen LogP contribution in [0.3, 0.4) is 0 Å². The average Bonchev–Trinajstić information content (AvgIpc) is 2.49. The first kappa shape index (κ1) is 16.0. The van der Waals surface area contributed by atoms with Crippen molar-refractivity contribution >= 4 is 16.2 Å². The summed E-state index contributed by atoms with van der Waals surface area (Å²) in [5.74, 6) is 0.371. The summed E-state index contributed by atoms with van der Waals surface area (Å²) in [5.41, 5.74) is 1.50. The minimum atomic E-state index is -3.72. The molecule has 0 atom stereocenters. The first-order valence-corrected chi connectivity index (χ1v) is 8.31. The first-order chi connectivity index (χ1) is 10.4. The van der Waals surface area contributed by atoms with E-state index in [-0.39, 0.29) is 10.6 Å². The number of nitrogens with one attached hydrogen (secondary N) is 1. The van der Waals surface area contributed by atoms with Crippen LogP contribution in [0.4, 0.5) is 0 Å². The molecule has 0 radical (unpaired) electrons. The molecule has 0 fully saturated rings. The number of sulfonamides is 1. The number of hydrogen-bond acceptors (Lipinski definition) is 4. The summed E-state index contributed by atoms with van der Waals surface area (Å²) >= 11 is 0. The summed E-state index contributed by atoms with van der Waals surface area (Å²) in [6.45, 7) is 4.08. The van der Waals surface area contributed by atoms with Crippen LogP contribution in [0.15, 0.2) is 58.5 Å². The number of phenols is 1. The number of nitrogens with zero attached hydrogens (tertiary/aromatic N) is 1. The molecule has 2 aromatic rings. The van der Waals surface area contributed by atoms with Gasteiger partial charge in [-0.1, -0.05) is 38.1 Å². The van der Waals surface area contributed by atoms with Crippen molar-refractivity contribution in [3.8, 4) is 5.75 Å². The third kappa shape index (κ3) is 3.85. The van der Waals surface area contributed by atoms with Gasteiger partial charge in [0.15, 0.2) is 0 Å². The quantitative estimate of drug-likeness (QED) is 0.657. The Hall–Kier alpha value is -2.34. The molecule has 0 heterocycles. The van der Waals surface area contributed by atoms with Gasteiger partial charge in [0, 0.05) is 5.56 Å². The van der Waals surface area contributed by atoms with Crippen molar-refractivity contribution in [2.24, 2.45) is 5.10 Å². The highest BCUT2D eigenvalue weighted by atomic mass is 32.2. The summed E-state index contributed by atoms with van der Waals surface area (Å²) < 4.78 is 24.2. The van der Waals surface area contributed by atoms with E-state index in [2.05, 4.69) is 9.93 Å². The van der Waals surface area contributed by atoms with E-state index in [4.69, 9.17) is 0 Å². The number of rotatable bonds is 5. The van der Waals surface area contributed by atoms with Crippen LogP contribution in [-0.4, -0.2) is 19.7 Å². The lowest BCUT2D eigenvalue weighted by Gasteiger charge is -2.07. The van der Waals surface area contributed by atoms with Crippen molar-refractivity contribution in [3.63, 3.8) is 0 Å². The molecule has 0 aliphatic rings. The molecule has 0 saturated carbocycles. The molecule has 0 amide bonds. The van der Waals surface area contributed by atoms with Crippen LogP contribution in [0.25, 0.3) is 0 Å². The molecule has 2 N–H and O–H groups in total. The molecule has 0 spiro atoms. The molecule has 0 aromatic heterocycles. The second-order valence-electron chi connectivity index (χ2n) is 5.14. The van der Waals surface area contributed by atoms with Gasteiger partial charge in [-0.2, -0.15) is 13.5 Å². The topological polar surface area (TPSA) is 78.8 Å². The lowest BCUT2D eigenvalue weighted by molar-refractivity contribution is 0.474. The molecule has 0 bridgehead atoms. The van der Waals surface area contributed by atoms with Crippen molar-refractivity contribution in [2.45, 2.75) is 24.7 Å². The summed E-state index contributed by atoms with van der Waals surface area (Å²) in [5, 5.41) is 13.3. The highest BCUT2D eigenvalue weighted by Crippen LogP contribution is 2.17. The fourth-order valence-electron chi connectivity index (χ4n) is 1.85. The highest BCUT2D eigenvalue weighted by Gasteiger charge is 2.12. The monoisotopic (exact) mass is 318 g/mol. The van der Waals surface area contributed by atoms with Crippen molar-refractivity contribution < 1.29 is 13.5 Å². The molecule has 0 unspecified atom stereocenters. The van der Waals surface area contributed by atoms with E-state index >= 15 is 0 Å². The normalized spacial score (nSPS) is 12.0. The predicted octanol–water partition coefficient (Wildman–Crippen LogP) is 2.83. The van der Waals surface area contributed by atoms with E-state index in [1.807, 2.05) is 13.8 Å². The Morgan fingerprint density at radius 1 is 1.09 bits per heavy atom. The molecule has 6 heteroatoms. The van der Waals surface area contributed by atoms with Crippen LogP contribution in [0.1, 0.15) is 30.9 Å². The Labute approximate surface area is 130 Å². The van der Waals surface area contributed by atoms with E-state index < -0.39 is 10.0 Å². The minimum Gasteiger partial charge on any atom is -0.507 e. The maximum Gasteiger partial charge on any atom is 0.276 e. The number of para-hydroxylation sites is 1. The Balaban J connectivity index is 2.13. The third-order valence-corrected chi connectivity index (χ3v) is 4.41. The van der Waals surface area contributed by atoms with Gasteiger partial charge in [0.05, 0.1) is 11.1 Å². The van der Waals surface area contributed by atoms with Gasteiger partial charge in [-0.25, -0.2) is 4.83 Å². The van der Waals surface area contributed by atoms with Crippen LogP contribution in [0.2, 0.25) is 0 Å². The summed E-state index contributed by atoms with van der Waals surface area (Å²) in [6.07, 6.45) is 1.26. The van der Waals surface area contributed by atoms with Crippen molar-refractivity contribution in [3.05, 3.63) is 59.7 Å². The van der Waals surface area contributed by atoms with E-state index in [9.17, 15) is 13.5 Å². The van der Waals surface area contributed by atoms with Gasteiger partial charge in [-0.3, -0.25) is 0 Å². The number of hydrazone groups is 1. The van der Waals surface area contributed by atoms with Gasteiger partial charge < -0.3 is 5.11 Å². The zero-order valence-corrected chi connectivity index (χ0v) is 13.2. The van der Waals surface area contributed by atoms with Gasteiger partial charge in [-0.15, -0.1) is 0 Å². The molecular weight excluding hydrogens is 300 g/mol. The fraction of sp³-hybridized carbons (Fsp3) is 0.188. The Morgan fingerprint density at radius 2 is 1.73 bits per heavy atom. The third-order valence-electron chi connectivity index (χ3n) is 3.17. The van der Waals surface area contributed by atoms with Gasteiger partial charge in [-0.05, 0) is 35.7 Å². The number of phenolic OH excluding ortho intramolecular Hbond substituents is 1.